The molecule has 4 rings (SSSR count). The van der Waals surface area contributed by atoms with Gasteiger partial charge in [-0.15, -0.1) is 0 Å². The van der Waals surface area contributed by atoms with Gasteiger partial charge >= 0.3 is 0 Å². The minimum absolute atomic E-state index is 0.0542. The van der Waals surface area contributed by atoms with Gasteiger partial charge in [-0.25, -0.2) is 8.42 Å². The van der Waals surface area contributed by atoms with Gasteiger partial charge in [-0.3, -0.25) is 9.59 Å². The van der Waals surface area contributed by atoms with Crippen molar-refractivity contribution in [2.75, 3.05) is 58.4 Å². The predicted molar refractivity (Wildman–Crippen MR) is 130 cm³/mol. The van der Waals surface area contributed by atoms with E-state index in [1.54, 1.807) is 24.1 Å². The molecular formula is C24H30N4O6S. The van der Waals surface area contributed by atoms with Crippen LogP contribution in [0.3, 0.4) is 0 Å². The quantitative estimate of drug-likeness (QED) is 0.600. The Kier molecular flexibility index (Phi) is 7.46. The molecule has 10 nitrogen and oxygen atoms in total. The highest BCUT2D eigenvalue weighted by Gasteiger charge is 2.40. The lowest BCUT2D eigenvalue weighted by Gasteiger charge is -2.38. The van der Waals surface area contributed by atoms with Gasteiger partial charge < -0.3 is 24.6 Å². The Balaban J connectivity index is 1.42. The summed E-state index contributed by atoms with van der Waals surface area (Å²) in [5, 5.41) is 2.70. The molecule has 0 spiro atoms. The number of benzene rings is 2. The molecule has 2 amide bonds. The van der Waals surface area contributed by atoms with E-state index in [-0.39, 0.29) is 30.3 Å². The standard InChI is InChI=1S/C24H30N4O6S/c1-33-19-5-3-18(4-6-19)26-13-15-27(16-14-26)23(29)17-22-24(30)25-11-12-28(22)35(31,32)21-9-7-20(34-2)8-10-21/h3-10,22H,11-17H2,1-2H3,(H,25,30). The second-order valence-corrected chi connectivity index (χ2v) is 10.3. The summed E-state index contributed by atoms with van der Waals surface area (Å²) in [6, 6.07) is 12.6. The third-order valence-corrected chi connectivity index (χ3v) is 8.31. The fourth-order valence-corrected chi connectivity index (χ4v) is 5.95. The predicted octanol–water partition coefficient (Wildman–Crippen LogP) is 0.932. The number of sulfonamides is 1. The molecule has 2 heterocycles. The van der Waals surface area contributed by atoms with Gasteiger partial charge in [0.2, 0.25) is 21.8 Å². The summed E-state index contributed by atoms with van der Waals surface area (Å²) in [7, 11) is -0.851. The van der Waals surface area contributed by atoms with E-state index in [1.165, 1.54) is 19.2 Å². The van der Waals surface area contributed by atoms with Gasteiger partial charge in [0.25, 0.3) is 0 Å². The van der Waals surface area contributed by atoms with Crippen LogP contribution in [0.15, 0.2) is 53.4 Å². The van der Waals surface area contributed by atoms with Crippen LogP contribution in [0.4, 0.5) is 5.69 Å². The summed E-state index contributed by atoms with van der Waals surface area (Å²) in [5.74, 6) is 0.609. The summed E-state index contributed by atoms with van der Waals surface area (Å²) in [4.78, 5) is 29.7. The van der Waals surface area contributed by atoms with Crippen LogP contribution in [0, 0.1) is 0 Å². The number of nitrogens with one attached hydrogen (secondary N) is 1. The van der Waals surface area contributed by atoms with Crippen molar-refractivity contribution in [2.45, 2.75) is 17.4 Å². The van der Waals surface area contributed by atoms with Gasteiger partial charge in [0.15, 0.2) is 0 Å². The Bertz CT molecular complexity index is 1150. The van der Waals surface area contributed by atoms with Crippen LogP contribution in [-0.2, 0) is 19.6 Å². The number of rotatable bonds is 7. The molecule has 2 fully saturated rings. The maximum absolute atomic E-state index is 13.3. The molecule has 0 bridgehead atoms. The topological polar surface area (TPSA) is 108 Å². The molecule has 1 unspecified atom stereocenters. The van der Waals surface area contributed by atoms with E-state index in [4.69, 9.17) is 9.47 Å². The number of carbonyl (C=O) groups is 2. The summed E-state index contributed by atoms with van der Waals surface area (Å²) in [6.07, 6.45) is -0.205. The number of nitrogens with zero attached hydrogens (tertiary/aromatic N) is 3. The molecule has 35 heavy (non-hydrogen) atoms. The molecule has 1 atom stereocenters. The van der Waals surface area contributed by atoms with Crippen LogP contribution in [0.5, 0.6) is 11.5 Å². The average Bonchev–Trinajstić information content (AvgIpc) is 2.90. The van der Waals surface area contributed by atoms with Crippen molar-refractivity contribution in [1.29, 1.82) is 0 Å². The second-order valence-electron chi connectivity index (χ2n) is 8.37. The molecule has 11 heteroatoms. The summed E-state index contributed by atoms with van der Waals surface area (Å²) < 4.78 is 38.1. The van der Waals surface area contributed by atoms with Crippen molar-refractivity contribution >= 4 is 27.5 Å². The van der Waals surface area contributed by atoms with Crippen LogP contribution in [-0.4, -0.2) is 89.0 Å². The Hall–Kier alpha value is -3.31. The van der Waals surface area contributed by atoms with Crippen LogP contribution < -0.4 is 19.7 Å². The van der Waals surface area contributed by atoms with Crippen molar-refractivity contribution in [3.8, 4) is 11.5 Å². The van der Waals surface area contributed by atoms with Crippen LogP contribution >= 0.6 is 0 Å². The number of hydrogen-bond donors (Lipinski definition) is 1. The largest absolute Gasteiger partial charge is 0.497 e. The number of piperazine rings is 2. The number of hydrogen-bond acceptors (Lipinski definition) is 7. The maximum Gasteiger partial charge on any atom is 0.243 e. The Labute approximate surface area is 205 Å². The zero-order chi connectivity index (χ0) is 25.0. The summed E-state index contributed by atoms with van der Waals surface area (Å²) in [5.41, 5.74) is 1.04. The lowest BCUT2D eigenvalue weighted by Crippen LogP contribution is -2.59. The van der Waals surface area contributed by atoms with Gasteiger partial charge in [0.05, 0.1) is 25.5 Å². The van der Waals surface area contributed by atoms with E-state index in [2.05, 4.69) is 10.2 Å². The van der Waals surface area contributed by atoms with Gasteiger partial charge in [0, 0.05) is 45.0 Å². The first-order valence-corrected chi connectivity index (χ1v) is 12.9. The van der Waals surface area contributed by atoms with E-state index in [0.717, 1.165) is 15.7 Å². The first-order chi connectivity index (χ1) is 16.8. The number of amides is 2. The van der Waals surface area contributed by atoms with Gasteiger partial charge in [-0.05, 0) is 48.5 Å². The smallest absolute Gasteiger partial charge is 0.243 e. The Morgan fingerprint density at radius 1 is 0.914 bits per heavy atom. The normalized spacial score (nSPS) is 19.3. The molecule has 2 aliphatic rings. The van der Waals surface area contributed by atoms with Gasteiger partial charge in [-0.2, -0.15) is 4.31 Å². The van der Waals surface area contributed by atoms with Crippen molar-refractivity contribution in [3.63, 3.8) is 0 Å². The van der Waals surface area contributed by atoms with Crippen LogP contribution in [0.1, 0.15) is 6.42 Å². The number of carbonyl (C=O) groups excluding carboxylic acids is 2. The minimum Gasteiger partial charge on any atom is -0.497 e. The molecule has 0 aliphatic carbocycles. The third-order valence-electron chi connectivity index (χ3n) is 6.39. The number of methoxy groups -OCH3 is 2. The Morgan fingerprint density at radius 2 is 1.49 bits per heavy atom. The third kappa shape index (κ3) is 5.35. The zero-order valence-electron chi connectivity index (χ0n) is 19.8. The van der Waals surface area contributed by atoms with Crippen molar-refractivity contribution in [2.24, 2.45) is 0 Å². The van der Waals surface area contributed by atoms with Crippen molar-refractivity contribution in [1.82, 2.24) is 14.5 Å². The van der Waals surface area contributed by atoms with E-state index in [9.17, 15) is 18.0 Å². The fraction of sp³-hybridized carbons (Fsp3) is 0.417. The second kappa shape index (κ2) is 10.5. The number of anilines is 1. The maximum atomic E-state index is 13.3. The molecule has 0 aromatic heterocycles. The van der Waals surface area contributed by atoms with Crippen LogP contribution in [0.25, 0.3) is 0 Å². The minimum atomic E-state index is -3.97. The van der Waals surface area contributed by atoms with E-state index in [1.807, 2.05) is 24.3 Å². The van der Waals surface area contributed by atoms with E-state index >= 15 is 0 Å². The summed E-state index contributed by atoms with van der Waals surface area (Å²) in [6.45, 7) is 2.56. The molecule has 0 saturated carbocycles. The van der Waals surface area contributed by atoms with Gasteiger partial charge in [-0.1, -0.05) is 0 Å². The lowest BCUT2D eigenvalue weighted by atomic mass is 10.1. The fourth-order valence-electron chi connectivity index (χ4n) is 4.36. The highest BCUT2D eigenvalue weighted by atomic mass is 32.2. The Morgan fingerprint density at radius 3 is 2.06 bits per heavy atom. The first kappa shape index (κ1) is 24.8. The van der Waals surface area contributed by atoms with E-state index in [0.29, 0.717) is 31.9 Å². The van der Waals surface area contributed by atoms with Gasteiger partial charge in [0.1, 0.15) is 17.5 Å². The molecule has 2 aromatic carbocycles. The molecule has 2 saturated heterocycles. The molecule has 1 N–H and O–H groups in total. The van der Waals surface area contributed by atoms with Crippen molar-refractivity contribution < 1.29 is 27.5 Å². The highest BCUT2D eigenvalue weighted by molar-refractivity contribution is 7.89. The molecule has 188 valence electrons. The van der Waals surface area contributed by atoms with Crippen molar-refractivity contribution in [3.05, 3.63) is 48.5 Å². The zero-order valence-corrected chi connectivity index (χ0v) is 20.7. The van der Waals surface area contributed by atoms with E-state index < -0.39 is 22.0 Å². The lowest BCUT2D eigenvalue weighted by molar-refractivity contribution is -0.137. The monoisotopic (exact) mass is 502 g/mol. The summed E-state index contributed by atoms with van der Waals surface area (Å²) >= 11 is 0. The average molecular weight is 503 g/mol. The SMILES string of the molecule is COc1ccc(N2CCN(C(=O)CC3C(=O)NCCN3S(=O)(=O)c3ccc(OC)cc3)CC2)cc1. The molecular weight excluding hydrogens is 472 g/mol. The first-order valence-electron chi connectivity index (χ1n) is 11.4. The molecule has 2 aromatic rings. The number of ether oxygens (including phenoxy) is 2. The van der Waals surface area contributed by atoms with Crippen LogP contribution in [0.2, 0.25) is 0 Å². The molecule has 0 radical (unpaired) electrons. The molecule has 2 aliphatic heterocycles. The highest BCUT2D eigenvalue weighted by Crippen LogP contribution is 2.25.